The molecule has 0 bridgehead atoms. The van der Waals surface area contributed by atoms with Crippen LogP contribution in [0.4, 0.5) is 10.1 Å². The molecule has 270 valence electrons. The minimum atomic E-state index is -0.442. The molecule has 12 nitrogen and oxygen atoms in total. The summed E-state index contributed by atoms with van der Waals surface area (Å²) in [6.07, 6.45) is 7.50. The Morgan fingerprint density at radius 1 is 0.918 bits per heavy atom. The maximum atomic E-state index is 13.8. The number of nitrogens with two attached hydrogens (primary N) is 1. The molecule has 1 unspecified atom stereocenters. The number of halogens is 1. The van der Waals surface area contributed by atoms with Crippen LogP contribution in [0.2, 0.25) is 0 Å². The van der Waals surface area contributed by atoms with Crippen molar-refractivity contribution < 1.29 is 42.5 Å². The third-order valence-electron chi connectivity index (χ3n) is 8.24. The number of amides is 2. The Bertz CT molecular complexity index is 1440. The van der Waals surface area contributed by atoms with E-state index in [9.17, 15) is 23.6 Å². The van der Waals surface area contributed by atoms with E-state index in [1.165, 1.54) is 25.3 Å². The van der Waals surface area contributed by atoms with E-state index >= 15 is 0 Å². The highest BCUT2D eigenvalue weighted by Gasteiger charge is 2.26. The summed E-state index contributed by atoms with van der Waals surface area (Å²) in [5.41, 5.74) is 9.77. The predicted octanol–water partition coefficient (Wildman–Crippen LogP) is 4.62. The van der Waals surface area contributed by atoms with E-state index < -0.39 is 5.82 Å². The van der Waals surface area contributed by atoms with Gasteiger partial charge in [0.05, 0.1) is 51.3 Å². The summed E-state index contributed by atoms with van der Waals surface area (Å²) >= 11 is 0. The van der Waals surface area contributed by atoms with E-state index in [2.05, 4.69) is 20.4 Å². The van der Waals surface area contributed by atoms with E-state index in [0.29, 0.717) is 111 Å². The highest BCUT2D eigenvalue weighted by molar-refractivity contribution is 6.34. The summed E-state index contributed by atoms with van der Waals surface area (Å²) in [4.78, 5) is 51.9. The number of aryl methyl sites for hydroxylation is 1. The van der Waals surface area contributed by atoms with Crippen molar-refractivity contribution in [1.82, 2.24) is 10.3 Å². The van der Waals surface area contributed by atoms with Gasteiger partial charge in [-0.25, -0.2) is 4.39 Å². The van der Waals surface area contributed by atoms with Crippen LogP contribution in [0.5, 0.6) is 0 Å². The van der Waals surface area contributed by atoms with E-state index in [1.807, 2.05) is 0 Å². The van der Waals surface area contributed by atoms with Crippen LogP contribution < -0.4 is 16.4 Å². The fourth-order valence-electron chi connectivity index (χ4n) is 5.50. The van der Waals surface area contributed by atoms with Crippen LogP contribution in [0.1, 0.15) is 90.7 Å². The Kier molecular flexibility index (Phi) is 17.1. The number of Topliss-reactive ketones (excluding diaryl/α,β-unsaturated/α-hetero) is 1. The van der Waals surface area contributed by atoms with Crippen LogP contribution in [0.3, 0.4) is 0 Å². The van der Waals surface area contributed by atoms with Gasteiger partial charge in [0.2, 0.25) is 0 Å². The predicted molar refractivity (Wildman–Crippen MR) is 185 cm³/mol. The van der Waals surface area contributed by atoms with E-state index in [-0.39, 0.29) is 29.6 Å². The number of hydrogen-bond acceptors (Lipinski definition) is 9. The van der Waals surface area contributed by atoms with E-state index in [4.69, 9.17) is 19.9 Å². The Labute approximate surface area is 287 Å². The largest absolute Gasteiger partial charge is 0.469 e. The molecule has 2 amide bonds. The lowest BCUT2D eigenvalue weighted by molar-refractivity contribution is -0.140. The number of fused-ring (bicyclic) bond motifs is 1. The number of esters is 1. The number of aromatic amines is 1. The first kappa shape index (κ1) is 39.5. The third kappa shape index (κ3) is 13.5. The number of carbonyl (C=O) groups is 4. The molecule has 0 saturated carbocycles. The van der Waals surface area contributed by atoms with Crippen LogP contribution in [0, 0.1) is 19.7 Å². The molecule has 0 saturated heterocycles. The first-order valence-electron chi connectivity index (χ1n) is 17.0. The summed E-state index contributed by atoms with van der Waals surface area (Å²) in [6.45, 7) is 6.62. The molecule has 1 aromatic carbocycles. The Balaban J connectivity index is 1.19. The number of unbranched alkanes of at least 4 members (excludes halogenated alkanes) is 1. The molecule has 49 heavy (non-hydrogen) atoms. The van der Waals surface area contributed by atoms with Gasteiger partial charge in [0.25, 0.3) is 11.8 Å². The molecule has 0 fully saturated rings. The van der Waals surface area contributed by atoms with Crippen molar-refractivity contribution in [3.63, 3.8) is 0 Å². The molecule has 13 heteroatoms. The minimum Gasteiger partial charge on any atom is -0.469 e. The van der Waals surface area contributed by atoms with Crippen LogP contribution in [0.15, 0.2) is 18.2 Å². The molecule has 1 aliphatic heterocycles. The van der Waals surface area contributed by atoms with E-state index in [1.54, 1.807) is 19.9 Å². The number of carbonyl (C=O) groups excluding carboxylic acids is 4. The molecule has 0 aliphatic carbocycles. The first-order chi connectivity index (χ1) is 23.6. The van der Waals surface area contributed by atoms with Crippen LogP contribution in [-0.2, 0) is 33.3 Å². The van der Waals surface area contributed by atoms with Crippen molar-refractivity contribution in [1.29, 1.82) is 0 Å². The number of ether oxygens (including phenoxy) is 4. The zero-order chi connectivity index (χ0) is 35.6. The van der Waals surface area contributed by atoms with Gasteiger partial charge in [0, 0.05) is 61.1 Å². The summed E-state index contributed by atoms with van der Waals surface area (Å²) in [5, 5.41) is 5.59. The molecule has 0 spiro atoms. The van der Waals surface area contributed by atoms with Gasteiger partial charge in [-0.05, 0) is 82.2 Å². The van der Waals surface area contributed by atoms with Crippen LogP contribution in [0.25, 0.3) is 11.6 Å². The van der Waals surface area contributed by atoms with Crippen LogP contribution in [-0.4, -0.2) is 87.9 Å². The van der Waals surface area contributed by atoms with Crippen molar-refractivity contribution in [3.05, 3.63) is 52.1 Å². The number of ketones is 1. The zero-order valence-electron chi connectivity index (χ0n) is 28.9. The van der Waals surface area contributed by atoms with Crippen LogP contribution >= 0.6 is 0 Å². The standard InChI is InChI=1S/C36H51FN4O8/c1-24-32(23-30-29-22-26(37)12-13-31(29)41-35(30)44)40-25(2)34(24)36(45)39-15-7-10-28(42)14-17-48-19-21-49-20-18-47-16-5-4-8-27(38)9-6-11-33(43)46-3/h12-13,22-23,27,40H,4-11,14-21,38H2,1-3H3,(H,39,45)(H,41,44)/b30-23-. The lowest BCUT2D eigenvalue weighted by Gasteiger charge is -2.11. The molecule has 0 radical (unpaired) electrons. The number of aromatic nitrogens is 1. The molecular weight excluding hydrogens is 635 g/mol. The van der Waals surface area contributed by atoms with Gasteiger partial charge in [0.15, 0.2) is 0 Å². The number of hydrogen-bond donors (Lipinski definition) is 4. The van der Waals surface area contributed by atoms with Crippen molar-refractivity contribution in [2.45, 2.75) is 77.7 Å². The topological polar surface area (TPSA) is 171 Å². The molecule has 1 atom stereocenters. The zero-order valence-corrected chi connectivity index (χ0v) is 28.9. The van der Waals surface area contributed by atoms with Crippen molar-refractivity contribution in [2.24, 2.45) is 5.73 Å². The molecule has 1 aromatic heterocycles. The van der Waals surface area contributed by atoms with Gasteiger partial charge in [-0.3, -0.25) is 19.2 Å². The van der Waals surface area contributed by atoms with Gasteiger partial charge in [-0.15, -0.1) is 0 Å². The lowest BCUT2D eigenvalue weighted by atomic mass is 10.0. The average Bonchev–Trinajstić information content (AvgIpc) is 3.53. The normalized spacial score (nSPS) is 13.7. The number of rotatable bonds is 24. The van der Waals surface area contributed by atoms with Gasteiger partial charge >= 0.3 is 5.97 Å². The van der Waals surface area contributed by atoms with E-state index in [0.717, 1.165) is 32.1 Å². The monoisotopic (exact) mass is 686 g/mol. The van der Waals surface area contributed by atoms with Crippen molar-refractivity contribution in [2.75, 3.05) is 58.6 Å². The summed E-state index contributed by atoms with van der Waals surface area (Å²) in [5.74, 6) is -1.20. The molecular formula is C36H51FN4O8. The third-order valence-corrected chi connectivity index (χ3v) is 8.24. The van der Waals surface area contributed by atoms with Gasteiger partial charge in [0.1, 0.15) is 11.6 Å². The molecule has 3 rings (SSSR count). The molecule has 1 aliphatic rings. The number of benzene rings is 1. The summed E-state index contributed by atoms with van der Waals surface area (Å²) in [7, 11) is 1.39. The van der Waals surface area contributed by atoms with Crippen molar-refractivity contribution in [3.8, 4) is 0 Å². The highest BCUT2D eigenvalue weighted by atomic mass is 19.1. The molecule has 2 aromatic rings. The Morgan fingerprint density at radius 3 is 2.35 bits per heavy atom. The first-order valence-corrected chi connectivity index (χ1v) is 17.0. The number of anilines is 1. The second kappa shape index (κ2) is 21.2. The second-order valence-electron chi connectivity index (χ2n) is 12.1. The fourth-order valence-corrected chi connectivity index (χ4v) is 5.50. The van der Waals surface area contributed by atoms with Gasteiger partial charge < -0.3 is 40.3 Å². The van der Waals surface area contributed by atoms with Crippen molar-refractivity contribution >= 4 is 40.9 Å². The second-order valence-corrected chi connectivity index (χ2v) is 12.1. The average molecular weight is 687 g/mol. The SMILES string of the molecule is COC(=O)CCCC(N)CCCCOCCOCCOCCC(=O)CCCNC(=O)c1c(C)[nH]c(/C=C2\C(=O)Nc3ccc(F)cc32)c1C. The smallest absolute Gasteiger partial charge is 0.305 e. The molecule has 2 heterocycles. The molecule has 5 N–H and O–H groups in total. The summed E-state index contributed by atoms with van der Waals surface area (Å²) in [6, 6.07) is 4.20. The maximum Gasteiger partial charge on any atom is 0.305 e. The number of nitrogens with one attached hydrogen (secondary N) is 3. The lowest BCUT2D eigenvalue weighted by Crippen LogP contribution is -2.26. The maximum absolute atomic E-state index is 13.8. The fraction of sp³-hybridized carbons (Fsp3) is 0.556. The Hall–Kier alpha value is -3.91. The minimum absolute atomic E-state index is 0.0557. The Morgan fingerprint density at radius 2 is 1.61 bits per heavy atom. The highest BCUT2D eigenvalue weighted by Crippen LogP contribution is 2.34. The number of methoxy groups -OCH3 is 1. The quantitative estimate of drug-likeness (QED) is 0.0699. The van der Waals surface area contributed by atoms with Gasteiger partial charge in [-0.2, -0.15) is 0 Å². The van der Waals surface area contributed by atoms with Gasteiger partial charge in [-0.1, -0.05) is 0 Å². The number of H-pyrrole nitrogens is 1. The summed E-state index contributed by atoms with van der Waals surface area (Å²) < 4.78 is 35.0.